The molecule has 80 heavy (non-hydrogen) atoms. The van der Waals surface area contributed by atoms with Crippen LogP contribution in [0.1, 0.15) is 165 Å². The van der Waals surface area contributed by atoms with E-state index < -0.39 is 96.0 Å². The Morgan fingerprint density at radius 2 is 0.988 bits per heavy atom. The number of allylic oxidation sites excluding steroid dienone is 3. The summed E-state index contributed by atoms with van der Waals surface area (Å²) in [6.45, 7) is 22.3. The average Bonchev–Trinajstić information content (AvgIpc) is 3.88. The molecule has 9 saturated carbocycles. The van der Waals surface area contributed by atoms with Gasteiger partial charge in [-0.2, -0.15) is 0 Å². The molecule has 0 aromatic carbocycles. The van der Waals surface area contributed by atoms with Crippen molar-refractivity contribution in [3.05, 3.63) is 24.3 Å². The summed E-state index contributed by atoms with van der Waals surface area (Å²) in [4.78, 5) is 0. The van der Waals surface area contributed by atoms with Crippen molar-refractivity contribution in [2.45, 2.75) is 201 Å². The predicted molar refractivity (Wildman–Crippen MR) is 273 cm³/mol. The Hall–Kier alpha value is 2.88. The molecule has 9 fully saturated rings. The summed E-state index contributed by atoms with van der Waals surface area (Å²) in [5.74, 6) is 0.0765. The molecule has 10 unspecified atom stereocenters. The van der Waals surface area contributed by atoms with Crippen LogP contribution < -0.4 is 118 Å². The van der Waals surface area contributed by atoms with Crippen molar-refractivity contribution >= 4 is 41.6 Å². The monoisotopic (exact) mass is 1240 g/mol. The molecule has 9 rings (SSSR count). The molecule has 18 nitrogen and oxygen atoms in total. The number of rotatable bonds is 15. The topological polar surface area (TPSA) is 306 Å². The van der Waals surface area contributed by atoms with Crippen molar-refractivity contribution in [3.8, 4) is 0 Å². The molecule has 24 atom stereocenters. The summed E-state index contributed by atoms with van der Waals surface area (Å²) in [5, 5.41) is 23.1. The molecule has 9 aliphatic rings. The van der Waals surface area contributed by atoms with Gasteiger partial charge in [0.2, 0.25) is 41.6 Å². The Morgan fingerprint density at radius 1 is 0.562 bits per heavy atom. The first kappa shape index (κ1) is 73.6. The van der Waals surface area contributed by atoms with Crippen LogP contribution in [0.3, 0.4) is 0 Å². The number of hydrogen-bond donors (Lipinski definition) is 2. The van der Waals surface area contributed by atoms with Gasteiger partial charge in [0.05, 0.1) is 24.4 Å². The number of aliphatic hydroxyl groups is 2. The Bertz CT molecular complexity index is 2720. The average molecular weight is 1240 g/mol. The van der Waals surface area contributed by atoms with Gasteiger partial charge < -0.3 is 28.4 Å². The Kier molecular flexibility index (Phi) is 24.1. The maximum absolute atomic E-state index is 12.4. The molecule has 0 bridgehead atoms. The second-order valence-electron chi connectivity index (χ2n) is 27.8. The third kappa shape index (κ3) is 14.6. The van der Waals surface area contributed by atoms with E-state index in [1.165, 1.54) is 0 Å². The second kappa shape index (κ2) is 26.2. The number of fused-ring (bicyclic) bond motifs is 10. The Labute approximate surface area is 567 Å². The van der Waals surface area contributed by atoms with Crippen LogP contribution in [0.2, 0.25) is 0 Å². The fourth-order valence-corrected chi connectivity index (χ4v) is 22.9. The van der Waals surface area contributed by atoms with Crippen molar-refractivity contribution in [2.75, 3.05) is 0 Å². The van der Waals surface area contributed by atoms with Gasteiger partial charge in [-0.3, -0.25) is 16.7 Å². The SMILES string of the molecule is C=C1CC(C)(C)C(/C=C/[C@@H](C)[C@H]2CC[C@H]3[C@@H]4CC(OS(=O)(=O)[O-])C5CC(O)CC[C@]5(C)[C@H]4CC[C@]23C)C1CC(O)[C@@H](C)[C@H]1CC[C@H]2[C@@H]3CC(OS(=O)(=O)[O-])C4CC(OS(=O)(=O)[O-])C(OS(=O)(=O)[O-])C[C@]4(C)[C@H]3CC[C@]12C.[Na+].[Na+].[Na+].[Na+]. The van der Waals surface area contributed by atoms with Crippen LogP contribution in [0.15, 0.2) is 24.3 Å². The molecular formula is C54H84Na4O18S4. The molecule has 0 spiro atoms. The molecule has 0 heterocycles. The summed E-state index contributed by atoms with van der Waals surface area (Å²) in [7, 11) is -21.1. The van der Waals surface area contributed by atoms with Crippen LogP contribution in [-0.4, -0.2) is 98.7 Å². The van der Waals surface area contributed by atoms with E-state index in [1.807, 2.05) is 0 Å². The molecule has 0 saturated heterocycles. The zero-order chi connectivity index (χ0) is 55.9. The zero-order valence-corrected chi connectivity index (χ0v) is 60.8. The van der Waals surface area contributed by atoms with Crippen LogP contribution in [0, 0.1) is 110 Å². The molecular weight excluding hydrogens is 1160 g/mol. The fourth-order valence-electron chi connectivity index (χ4n) is 20.8. The third-order valence-electron chi connectivity index (χ3n) is 23.9. The summed E-state index contributed by atoms with van der Waals surface area (Å²) in [6, 6.07) is 0. The van der Waals surface area contributed by atoms with Gasteiger partial charge >= 0.3 is 118 Å². The maximum atomic E-state index is 12.4. The largest absolute Gasteiger partial charge is 1.00 e. The van der Waals surface area contributed by atoms with E-state index in [2.05, 4.69) is 67.2 Å². The van der Waals surface area contributed by atoms with Crippen LogP contribution >= 0.6 is 0 Å². The van der Waals surface area contributed by atoms with Gasteiger partial charge in [-0.15, -0.1) is 0 Å². The Balaban J connectivity index is 0.00000294. The van der Waals surface area contributed by atoms with Gasteiger partial charge in [0, 0.05) is 0 Å². The van der Waals surface area contributed by atoms with E-state index in [1.54, 1.807) is 6.92 Å². The van der Waals surface area contributed by atoms with Gasteiger partial charge in [-0.25, -0.2) is 33.7 Å². The normalized spacial score (nSPS) is 45.3. The van der Waals surface area contributed by atoms with Gasteiger partial charge in [0.1, 0.15) is 12.2 Å². The van der Waals surface area contributed by atoms with Crippen molar-refractivity contribution in [3.63, 3.8) is 0 Å². The summed E-state index contributed by atoms with van der Waals surface area (Å²) >= 11 is 0. The summed E-state index contributed by atoms with van der Waals surface area (Å²) in [5.41, 5.74) is -0.582. The van der Waals surface area contributed by atoms with E-state index in [-0.39, 0.29) is 212 Å². The Morgan fingerprint density at radius 3 is 1.50 bits per heavy atom. The summed E-state index contributed by atoms with van der Waals surface area (Å²) in [6.07, 6.45) is 8.28. The molecule has 2 N–H and O–H groups in total. The first-order valence-electron chi connectivity index (χ1n) is 28.2. The predicted octanol–water partition coefficient (Wildman–Crippen LogP) is -4.31. The molecule has 9 aliphatic carbocycles. The molecule has 0 aromatic rings. The van der Waals surface area contributed by atoms with E-state index in [0.29, 0.717) is 56.3 Å². The molecule has 0 aromatic heterocycles. The molecule has 0 aliphatic heterocycles. The van der Waals surface area contributed by atoms with E-state index in [4.69, 9.17) is 16.7 Å². The molecule has 0 radical (unpaired) electrons. The maximum Gasteiger partial charge on any atom is 1.00 e. The molecule has 436 valence electrons. The second-order valence-corrected chi connectivity index (χ2v) is 31.8. The van der Waals surface area contributed by atoms with Gasteiger partial charge in [0.15, 0.2) is 0 Å². The summed E-state index contributed by atoms with van der Waals surface area (Å²) < 4.78 is 165. The van der Waals surface area contributed by atoms with E-state index in [9.17, 15) is 62.1 Å². The third-order valence-corrected chi connectivity index (χ3v) is 25.8. The number of aliphatic hydroxyl groups excluding tert-OH is 2. The van der Waals surface area contributed by atoms with Crippen LogP contribution in [-0.2, 0) is 58.3 Å². The zero-order valence-electron chi connectivity index (χ0n) is 49.5. The van der Waals surface area contributed by atoms with Crippen LogP contribution in [0.25, 0.3) is 0 Å². The quantitative estimate of drug-likeness (QED) is 0.0678. The minimum absolute atomic E-state index is 0. The molecule has 0 amide bonds. The van der Waals surface area contributed by atoms with E-state index >= 15 is 0 Å². The number of hydrogen-bond acceptors (Lipinski definition) is 18. The molecule has 26 heteroatoms. The standard InChI is InChI=1S/C54H88O18S4.4Na/c1-29(36-12-14-39-34-24-46(69-73(57,58)59)43-22-32(55)16-19-53(43,8)41(34)17-20-51(36,39)6)10-11-38-33(30(2)27-50(38,4)5)23-45(56)31(3)37-13-15-40-35-25-47(70-74(60,61)62)44-26-48(71-75(63,64)65)49(72-76(66,67)68)28-54(44,9)42(35)18-21-52(37,40)7;;;;/h10-11,29,31-49,55-56H,2,12-28H2,1,3-9H3,(H,57,58,59)(H,60,61,62)(H,63,64,65)(H,66,67,68);;;;/q;4*+1/p-4/b11-10+;;;;/t29-,31+,32?,33?,34+,35+,36-,37-,38?,39+,40+,41+,42+,43?,44?,45?,46?,47?,48?,49?,51-,52-,53-,54-;;;;/m1..../s1. The minimum Gasteiger partial charge on any atom is -0.726 e. The first-order chi connectivity index (χ1) is 34.9. The van der Waals surface area contributed by atoms with Crippen LogP contribution in [0.4, 0.5) is 0 Å². The van der Waals surface area contributed by atoms with Gasteiger partial charge in [-0.1, -0.05) is 79.7 Å². The smallest absolute Gasteiger partial charge is 0.726 e. The van der Waals surface area contributed by atoms with E-state index in [0.717, 1.165) is 56.9 Å². The van der Waals surface area contributed by atoms with Crippen molar-refractivity contribution in [1.82, 2.24) is 0 Å². The first-order valence-corrected chi connectivity index (χ1v) is 33.5. The van der Waals surface area contributed by atoms with Crippen LogP contribution in [0.5, 0.6) is 0 Å². The van der Waals surface area contributed by atoms with Gasteiger partial charge in [-0.05, 0) is 219 Å². The van der Waals surface area contributed by atoms with Gasteiger partial charge in [0.25, 0.3) is 0 Å². The minimum atomic E-state index is -5.44. The van der Waals surface area contributed by atoms with Crippen molar-refractivity contribution < 1.29 is 197 Å². The fraction of sp³-hybridized carbons (Fsp3) is 0.926. The van der Waals surface area contributed by atoms with Crippen molar-refractivity contribution in [2.24, 2.45) is 110 Å². The van der Waals surface area contributed by atoms with Crippen molar-refractivity contribution in [1.29, 1.82) is 0 Å².